The molecule has 5 nitrogen and oxygen atoms in total. The Kier molecular flexibility index (Phi) is 6.00. The van der Waals surface area contributed by atoms with Gasteiger partial charge in [0.15, 0.2) is 0 Å². The van der Waals surface area contributed by atoms with Crippen LogP contribution in [0.4, 0.5) is 0 Å². The van der Waals surface area contributed by atoms with E-state index in [0.29, 0.717) is 4.91 Å². The monoisotopic (exact) mass is 409 g/mol. The van der Waals surface area contributed by atoms with Gasteiger partial charge in [0, 0.05) is 12.1 Å². The lowest BCUT2D eigenvalue weighted by atomic mass is 10.1. The Morgan fingerprint density at radius 2 is 2.00 bits per heavy atom. The Hall–Kier alpha value is -2.60. The molecule has 3 aliphatic rings. The minimum Gasteiger partial charge on any atom is -0.497 e. The molecule has 1 aliphatic heterocycles. The minimum atomic E-state index is -0.126. The third kappa shape index (κ3) is 4.53. The topological polar surface area (TPSA) is 58.4 Å². The van der Waals surface area contributed by atoms with Crippen molar-refractivity contribution in [1.82, 2.24) is 5.32 Å². The number of fused-ring (bicyclic) bond motifs is 1. The number of hydrogen-bond acceptors (Lipinski definition) is 4. The van der Waals surface area contributed by atoms with E-state index in [-0.39, 0.29) is 29.7 Å². The first-order chi connectivity index (χ1) is 14.1. The molecule has 0 radical (unpaired) electrons. The van der Waals surface area contributed by atoms with Gasteiger partial charge in [0.2, 0.25) is 12.3 Å². The average Bonchev–Trinajstić information content (AvgIpc) is 3.24. The fraction of sp³-hybridized carbons (Fsp3) is 0.348. The van der Waals surface area contributed by atoms with Gasteiger partial charge in [-0.05, 0) is 36.6 Å². The number of rotatable bonds is 5. The third-order valence-corrected chi connectivity index (χ3v) is 6.61. The van der Waals surface area contributed by atoms with Gasteiger partial charge in [0.1, 0.15) is 15.9 Å². The van der Waals surface area contributed by atoms with E-state index in [0.717, 1.165) is 42.7 Å². The zero-order chi connectivity index (χ0) is 20.2. The molecular formula is C23H25N2O3S+. The zero-order valence-corrected chi connectivity index (χ0v) is 17.3. The highest BCUT2D eigenvalue weighted by Gasteiger charge is 2.39. The summed E-state index contributed by atoms with van der Waals surface area (Å²) in [5.41, 5.74) is 1.80. The van der Waals surface area contributed by atoms with Crippen LogP contribution < -0.4 is 10.1 Å². The predicted molar refractivity (Wildman–Crippen MR) is 116 cm³/mol. The number of thioether (sulfide) groups is 1. The smallest absolute Gasteiger partial charge is 0.426 e. The second-order valence-electron chi connectivity index (χ2n) is 7.43. The van der Waals surface area contributed by atoms with E-state index in [9.17, 15) is 9.59 Å². The summed E-state index contributed by atoms with van der Waals surface area (Å²) in [6, 6.07) is 7.84. The van der Waals surface area contributed by atoms with Crippen molar-refractivity contribution < 1.29 is 18.9 Å². The molecule has 6 heteroatoms. The molecule has 0 saturated heterocycles. The number of hydrogen-bond donors (Lipinski definition) is 1. The number of amides is 2. The molecule has 1 saturated carbocycles. The molecule has 0 spiro atoms. The van der Waals surface area contributed by atoms with Crippen molar-refractivity contribution in [1.29, 1.82) is 0 Å². The van der Waals surface area contributed by atoms with E-state index in [1.165, 1.54) is 11.8 Å². The Morgan fingerprint density at radius 1 is 1.24 bits per heavy atom. The Bertz CT molecular complexity index is 922. The molecule has 29 heavy (non-hydrogen) atoms. The molecular weight excluding hydrogens is 384 g/mol. The molecule has 2 aliphatic carbocycles. The molecule has 1 fully saturated rings. The van der Waals surface area contributed by atoms with Crippen LogP contribution >= 0.6 is 11.8 Å². The molecule has 0 aromatic heterocycles. The van der Waals surface area contributed by atoms with Crippen molar-refractivity contribution in [3.63, 3.8) is 0 Å². The maximum atomic E-state index is 13.2. The summed E-state index contributed by atoms with van der Waals surface area (Å²) < 4.78 is 6.83. The number of nitrogens with one attached hydrogen (secondary N) is 1. The number of benzene rings is 1. The van der Waals surface area contributed by atoms with E-state index in [4.69, 9.17) is 4.74 Å². The Balaban J connectivity index is 1.58. The minimum absolute atomic E-state index is 0.0291. The number of ether oxygens (including phenoxy) is 1. The molecule has 150 valence electrons. The normalized spacial score (nSPS) is 22.9. The van der Waals surface area contributed by atoms with Crippen LogP contribution in [0.5, 0.6) is 5.75 Å². The maximum Gasteiger partial charge on any atom is 0.426 e. The predicted octanol–water partition coefficient (Wildman–Crippen LogP) is 3.32. The second kappa shape index (κ2) is 8.82. The molecule has 1 atom stereocenters. The summed E-state index contributed by atoms with van der Waals surface area (Å²) >= 11 is 1.52. The van der Waals surface area contributed by atoms with E-state index in [2.05, 4.69) is 11.4 Å². The van der Waals surface area contributed by atoms with Gasteiger partial charge in [-0.2, -0.15) is 0 Å². The first-order valence-electron chi connectivity index (χ1n) is 9.99. The fourth-order valence-corrected chi connectivity index (χ4v) is 5.08. The fourth-order valence-electron chi connectivity index (χ4n) is 3.89. The van der Waals surface area contributed by atoms with Crippen LogP contribution in [0.3, 0.4) is 0 Å². The van der Waals surface area contributed by atoms with Gasteiger partial charge < -0.3 is 10.1 Å². The summed E-state index contributed by atoms with van der Waals surface area (Å²) in [6.07, 6.45) is 14.2. The van der Waals surface area contributed by atoms with Gasteiger partial charge in [-0.15, -0.1) is 4.58 Å². The molecule has 0 bridgehead atoms. The lowest BCUT2D eigenvalue weighted by Crippen LogP contribution is -2.45. The van der Waals surface area contributed by atoms with Crippen LogP contribution in [0.15, 0.2) is 53.5 Å². The van der Waals surface area contributed by atoms with Crippen molar-refractivity contribution >= 4 is 35.4 Å². The molecule has 1 aromatic rings. The quantitative estimate of drug-likeness (QED) is 0.599. The average molecular weight is 410 g/mol. The van der Waals surface area contributed by atoms with Crippen LogP contribution in [-0.2, 0) is 9.59 Å². The zero-order valence-electron chi connectivity index (χ0n) is 16.5. The number of nitrogens with zero attached hydrogens (tertiary/aromatic N) is 1. The number of carbonyl (C=O) groups excluding carboxylic acids is 2. The standard InChI is InChI=1S/C23H24N2O3S/c1-28-18-12-10-16(11-13-18)14-21-23(27)25(19-8-4-5-9-20(19)29-21)15-22(26)24-17-6-2-3-7-17/h4-5,8-14,17,20H,2-3,6-7,15H2,1H3/p+1/b21-14-. The highest BCUT2D eigenvalue weighted by molar-refractivity contribution is 8.05. The van der Waals surface area contributed by atoms with E-state index in [1.807, 2.05) is 48.6 Å². The van der Waals surface area contributed by atoms with Crippen molar-refractivity contribution in [3.8, 4) is 5.75 Å². The van der Waals surface area contributed by atoms with Gasteiger partial charge in [-0.25, -0.2) is 4.79 Å². The summed E-state index contributed by atoms with van der Waals surface area (Å²) in [5.74, 6) is 0.560. The van der Waals surface area contributed by atoms with Crippen LogP contribution in [-0.4, -0.2) is 47.0 Å². The molecule has 1 heterocycles. The summed E-state index contributed by atoms with van der Waals surface area (Å²) in [5, 5.41) is 3.12. The summed E-state index contributed by atoms with van der Waals surface area (Å²) in [4.78, 5) is 26.5. The first kappa shape index (κ1) is 19.7. The molecule has 1 unspecified atom stereocenters. The third-order valence-electron chi connectivity index (χ3n) is 5.41. The highest BCUT2D eigenvalue weighted by Crippen LogP contribution is 2.33. The van der Waals surface area contributed by atoms with E-state index >= 15 is 0 Å². The molecule has 4 rings (SSSR count). The van der Waals surface area contributed by atoms with Crippen molar-refractivity contribution in [2.75, 3.05) is 13.7 Å². The van der Waals surface area contributed by atoms with Crippen LogP contribution in [0, 0.1) is 0 Å². The highest BCUT2D eigenvalue weighted by atomic mass is 32.2. The summed E-state index contributed by atoms with van der Waals surface area (Å²) in [6.45, 7) is 0.0554. The molecule has 1 aromatic carbocycles. The lowest BCUT2D eigenvalue weighted by Gasteiger charge is -2.21. The largest absolute Gasteiger partial charge is 0.497 e. The van der Waals surface area contributed by atoms with Crippen molar-refractivity contribution in [2.24, 2.45) is 0 Å². The van der Waals surface area contributed by atoms with Gasteiger partial charge in [0.25, 0.3) is 5.91 Å². The number of carbonyl (C=O) groups is 2. The maximum absolute atomic E-state index is 13.2. The van der Waals surface area contributed by atoms with Crippen LogP contribution in [0.1, 0.15) is 31.2 Å². The van der Waals surface area contributed by atoms with Gasteiger partial charge >= 0.3 is 5.91 Å². The SMILES string of the molecule is COc1ccc(/C=C2\SC3C=CC=CC3=[N+](CC(=O)NC3CCCC3)C2=O)cc1. The Labute approximate surface area is 175 Å². The van der Waals surface area contributed by atoms with E-state index < -0.39 is 0 Å². The second-order valence-corrected chi connectivity index (χ2v) is 8.61. The number of methoxy groups -OCH3 is 1. The van der Waals surface area contributed by atoms with E-state index in [1.54, 1.807) is 11.7 Å². The van der Waals surface area contributed by atoms with Gasteiger partial charge in [-0.1, -0.05) is 55.0 Å². The van der Waals surface area contributed by atoms with Crippen molar-refractivity contribution in [3.05, 3.63) is 59.0 Å². The van der Waals surface area contributed by atoms with Crippen LogP contribution in [0.25, 0.3) is 6.08 Å². The van der Waals surface area contributed by atoms with Crippen LogP contribution in [0.2, 0.25) is 0 Å². The number of allylic oxidation sites excluding steroid dienone is 3. The summed E-state index contributed by atoms with van der Waals surface area (Å²) in [7, 11) is 1.63. The van der Waals surface area contributed by atoms with Gasteiger partial charge in [0.05, 0.1) is 7.11 Å². The molecule has 2 amide bonds. The Morgan fingerprint density at radius 3 is 2.72 bits per heavy atom. The van der Waals surface area contributed by atoms with Gasteiger partial charge in [-0.3, -0.25) is 4.79 Å². The lowest BCUT2D eigenvalue weighted by molar-refractivity contribution is -0.434. The first-order valence-corrected chi connectivity index (χ1v) is 10.9. The van der Waals surface area contributed by atoms with Crippen molar-refractivity contribution in [2.45, 2.75) is 37.0 Å². The molecule has 1 N–H and O–H groups in total.